The molecule has 0 spiro atoms. The lowest BCUT2D eigenvalue weighted by molar-refractivity contribution is -0.123. The highest BCUT2D eigenvalue weighted by Crippen LogP contribution is 2.25. The van der Waals surface area contributed by atoms with E-state index in [0.717, 1.165) is 16.9 Å². The van der Waals surface area contributed by atoms with Crippen molar-refractivity contribution >= 4 is 33.4 Å². The Kier molecular flexibility index (Phi) is 6.90. The average Bonchev–Trinajstić information content (AvgIpc) is 2.89. The fourth-order valence-corrected chi connectivity index (χ4v) is 3.51. The summed E-state index contributed by atoms with van der Waals surface area (Å²) < 4.78 is 1.33. The molecule has 2 aromatic heterocycles. The SMILES string of the molecule is CC[C@@H](C)NC(=O)CCCNC(=O)Cn1cnc2sc(C)c(C)c2c1=O. The van der Waals surface area contributed by atoms with Gasteiger partial charge in [-0.15, -0.1) is 11.3 Å². The van der Waals surface area contributed by atoms with Crippen molar-refractivity contribution in [3.05, 3.63) is 27.1 Å². The summed E-state index contributed by atoms with van der Waals surface area (Å²) in [6.07, 6.45) is 3.23. The number of aryl methyl sites for hydroxylation is 2. The van der Waals surface area contributed by atoms with Crippen molar-refractivity contribution in [3.8, 4) is 0 Å². The molecule has 0 aromatic carbocycles. The number of hydrogen-bond acceptors (Lipinski definition) is 5. The van der Waals surface area contributed by atoms with Gasteiger partial charge in [-0.05, 0) is 39.2 Å². The molecule has 2 rings (SSSR count). The first-order valence-electron chi connectivity index (χ1n) is 8.84. The largest absolute Gasteiger partial charge is 0.355 e. The number of nitrogens with one attached hydrogen (secondary N) is 2. The quantitative estimate of drug-likeness (QED) is 0.686. The Morgan fingerprint density at radius 3 is 2.73 bits per heavy atom. The normalized spacial score (nSPS) is 12.2. The van der Waals surface area contributed by atoms with Crippen LogP contribution in [0.2, 0.25) is 0 Å². The predicted octanol–water partition coefficient (Wildman–Crippen LogP) is 1.89. The third kappa shape index (κ3) is 4.91. The molecule has 0 saturated heterocycles. The molecule has 0 aliphatic heterocycles. The molecule has 142 valence electrons. The molecule has 8 heteroatoms. The Morgan fingerprint density at radius 1 is 1.31 bits per heavy atom. The number of thiophene rings is 1. The summed E-state index contributed by atoms with van der Waals surface area (Å²) in [5.41, 5.74) is 0.726. The first kappa shape index (κ1) is 20.1. The lowest BCUT2D eigenvalue weighted by Crippen LogP contribution is -2.34. The number of aromatic nitrogens is 2. The molecule has 0 aliphatic rings. The zero-order chi connectivity index (χ0) is 19.3. The molecule has 2 amide bonds. The molecule has 0 fully saturated rings. The maximum atomic E-state index is 12.5. The summed E-state index contributed by atoms with van der Waals surface area (Å²) in [7, 11) is 0. The highest BCUT2D eigenvalue weighted by Gasteiger charge is 2.13. The monoisotopic (exact) mass is 378 g/mol. The van der Waals surface area contributed by atoms with Gasteiger partial charge in [-0.2, -0.15) is 0 Å². The molecule has 0 bridgehead atoms. The molecule has 1 atom stereocenters. The van der Waals surface area contributed by atoms with Crippen LogP contribution in [0.5, 0.6) is 0 Å². The van der Waals surface area contributed by atoms with E-state index in [-0.39, 0.29) is 30.0 Å². The smallest absolute Gasteiger partial charge is 0.262 e. The Hall–Kier alpha value is -2.22. The van der Waals surface area contributed by atoms with Gasteiger partial charge in [0.25, 0.3) is 5.56 Å². The molecule has 2 heterocycles. The maximum Gasteiger partial charge on any atom is 0.262 e. The Morgan fingerprint density at radius 2 is 2.04 bits per heavy atom. The zero-order valence-electron chi connectivity index (χ0n) is 15.7. The topological polar surface area (TPSA) is 93.1 Å². The van der Waals surface area contributed by atoms with Crippen molar-refractivity contribution < 1.29 is 9.59 Å². The molecule has 2 N–H and O–H groups in total. The van der Waals surface area contributed by atoms with Gasteiger partial charge >= 0.3 is 0 Å². The Bertz CT molecular complexity index is 856. The van der Waals surface area contributed by atoms with Crippen molar-refractivity contribution in [1.82, 2.24) is 20.2 Å². The summed E-state index contributed by atoms with van der Waals surface area (Å²) >= 11 is 1.48. The van der Waals surface area contributed by atoms with Gasteiger partial charge in [-0.3, -0.25) is 19.0 Å². The molecule has 0 unspecified atom stereocenters. The summed E-state index contributed by atoms with van der Waals surface area (Å²) in [4.78, 5) is 42.3. The maximum absolute atomic E-state index is 12.5. The van der Waals surface area contributed by atoms with Crippen LogP contribution in [0.15, 0.2) is 11.1 Å². The van der Waals surface area contributed by atoms with E-state index in [9.17, 15) is 14.4 Å². The van der Waals surface area contributed by atoms with Crippen LogP contribution in [0, 0.1) is 13.8 Å². The highest BCUT2D eigenvalue weighted by atomic mass is 32.1. The van der Waals surface area contributed by atoms with E-state index in [4.69, 9.17) is 0 Å². The molecule has 0 saturated carbocycles. The van der Waals surface area contributed by atoms with Gasteiger partial charge in [-0.1, -0.05) is 6.92 Å². The standard InChI is InChI=1S/C18H26N4O3S/c1-5-11(2)21-14(23)7-6-8-19-15(24)9-22-10-20-17-16(18(22)25)12(3)13(4)26-17/h10-11H,5-9H2,1-4H3,(H,19,24)(H,21,23)/t11-/m1/s1. The van der Waals surface area contributed by atoms with E-state index in [1.54, 1.807) is 0 Å². The predicted molar refractivity (Wildman–Crippen MR) is 103 cm³/mol. The van der Waals surface area contributed by atoms with E-state index in [1.165, 1.54) is 22.2 Å². The molecular formula is C18H26N4O3S. The second-order valence-corrected chi connectivity index (χ2v) is 7.67. The van der Waals surface area contributed by atoms with E-state index >= 15 is 0 Å². The number of carbonyl (C=O) groups excluding carboxylic acids is 2. The van der Waals surface area contributed by atoms with Gasteiger partial charge in [0.15, 0.2) is 0 Å². The van der Waals surface area contributed by atoms with E-state index in [2.05, 4.69) is 15.6 Å². The lowest BCUT2D eigenvalue weighted by atomic mass is 10.2. The number of carbonyl (C=O) groups is 2. The molecule has 0 radical (unpaired) electrons. The van der Waals surface area contributed by atoms with E-state index in [0.29, 0.717) is 29.6 Å². The fourth-order valence-electron chi connectivity index (χ4n) is 2.52. The van der Waals surface area contributed by atoms with Crippen molar-refractivity contribution in [1.29, 1.82) is 0 Å². The number of amides is 2. The van der Waals surface area contributed by atoms with E-state index < -0.39 is 0 Å². The molecule has 26 heavy (non-hydrogen) atoms. The molecular weight excluding hydrogens is 352 g/mol. The fraction of sp³-hybridized carbons (Fsp3) is 0.556. The van der Waals surface area contributed by atoms with Crippen LogP contribution in [0.4, 0.5) is 0 Å². The van der Waals surface area contributed by atoms with Gasteiger partial charge in [-0.25, -0.2) is 4.98 Å². The molecule has 2 aromatic rings. The van der Waals surface area contributed by atoms with Crippen LogP contribution in [-0.2, 0) is 16.1 Å². The summed E-state index contributed by atoms with van der Waals surface area (Å²) in [6, 6.07) is 0.163. The van der Waals surface area contributed by atoms with Crippen molar-refractivity contribution in [2.75, 3.05) is 6.54 Å². The number of fused-ring (bicyclic) bond motifs is 1. The van der Waals surface area contributed by atoms with Crippen molar-refractivity contribution in [3.63, 3.8) is 0 Å². The summed E-state index contributed by atoms with van der Waals surface area (Å²) in [5.74, 6) is -0.275. The number of rotatable bonds is 8. The molecule has 0 aliphatic carbocycles. The molecule has 7 nitrogen and oxygen atoms in total. The first-order chi connectivity index (χ1) is 12.3. The van der Waals surface area contributed by atoms with Crippen LogP contribution in [0.1, 0.15) is 43.6 Å². The second-order valence-electron chi connectivity index (χ2n) is 6.47. The minimum absolute atomic E-state index is 0.0113. The van der Waals surface area contributed by atoms with Crippen molar-refractivity contribution in [2.45, 2.75) is 59.5 Å². The number of nitrogens with zero attached hydrogens (tertiary/aromatic N) is 2. The Labute approximate surface area is 156 Å². The van der Waals surface area contributed by atoms with Crippen LogP contribution in [0.3, 0.4) is 0 Å². The zero-order valence-corrected chi connectivity index (χ0v) is 16.5. The average molecular weight is 378 g/mol. The van der Waals surface area contributed by atoms with Crippen molar-refractivity contribution in [2.24, 2.45) is 0 Å². The minimum Gasteiger partial charge on any atom is -0.355 e. The lowest BCUT2D eigenvalue weighted by Gasteiger charge is -2.11. The second kappa shape index (κ2) is 8.93. The van der Waals surface area contributed by atoms with Crippen LogP contribution >= 0.6 is 11.3 Å². The first-order valence-corrected chi connectivity index (χ1v) is 9.66. The number of hydrogen-bond donors (Lipinski definition) is 2. The summed E-state index contributed by atoms with van der Waals surface area (Å²) in [5, 5.41) is 6.22. The van der Waals surface area contributed by atoms with Gasteiger partial charge in [0, 0.05) is 23.9 Å². The highest BCUT2D eigenvalue weighted by molar-refractivity contribution is 7.18. The van der Waals surface area contributed by atoms with Crippen LogP contribution in [0.25, 0.3) is 10.2 Å². The van der Waals surface area contributed by atoms with Gasteiger partial charge in [0.2, 0.25) is 11.8 Å². The third-order valence-electron chi connectivity index (χ3n) is 4.39. The Balaban J connectivity index is 1.86. The van der Waals surface area contributed by atoms with Gasteiger partial charge in [0.1, 0.15) is 11.4 Å². The van der Waals surface area contributed by atoms with E-state index in [1.807, 2.05) is 27.7 Å². The van der Waals surface area contributed by atoms with Crippen LogP contribution < -0.4 is 16.2 Å². The third-order valence-corrected chi connectivity index (χ3v) is 5.51. The summed E-state index contributed by atoms with van der Waals surface area (Å²) in [6.45, 7) is 8.14. The van der Waals surface area contributed by atoms with Crippen LogP contribution in [-0.4, -0.2) is 34.0 Å². The van der Waals surface area contributed by atoms with Gasteiger partial charge < -0.3 is 10.6 Å². The minimum atomic E-state index is -0.264. The van der Waals surface area contributed by atoms with Gasteiger partial charge in [0.05, 0.1) is 11.7 Å².